The lowest BCUT2D eigenvalue weighted by molar-refractivity contribution is 0.108. The molecule has 1 unspecified atom stereocenters. The van der Waals surface area contributed by atoms with E-state index in [0.29, 0.717) is 13.1 Å². The summed E-state index contributed by atoms with van der Waals surface area (Å²) in [6.45, 7) is 2.86. The van der Waals surface area contributed by atoms with Crippen LogP contribution in [0.4, 0.5) is 4.79 Å². The van der Waals surface area contributed by atoms with Crippen molar-refractivity contribution in [2.75, 3.05) is 26.7 Å². The summed E-state index contributed by atoms with van der Waals surface area (Å²) in [4.78, 5) is 21.6. The van der Waals surface area contributed by atoms with E-state index in [4.69, 9.17) is 0 Å². The monoisotopic (exact) mass is 349 g/mol. The number of urea groups is 1. The number of piperazine rings is 1. The molecule has 1 aliphatic heterocycles. The maximum atomic E-state index is 12.8. The molecule has 2 aromatic heterocycles. The van der Waals surface area contributed by atoms with Crippen LogP contribution in [0.2, 0.25) is 0 Å². The molecule has 1 aromatic carbocycles. The van der Waals surface area contributed by atoms with Crippen molar-refractivity contribution < 1.29 is 4.79 Å². The van der Waals surface area contributed by atoms with Crippen molar-refractivity contribution in [2.24, 2.45) is 0 Å². The smallest absolute Gasteiger partial charge is 0.318 e. The van der Waals surface area contributed by atoms with Crippen LogP contribution in [0.1, 0.15) is 17.3 Å². The number of hydrogen-bond acceptors (Lipinski definition) is 3. The Bertz CT molecular complexity index is 858. The third-order valence-corrected chi connectivity index (χ3v) is 4.86. The van der Waals surface area contributed by atoms with Crippen LogP contribution in [0, 0.1) is 0 Å². The average molecular weight is 349 g/mol. The zero-order chi connectivity index (χ0) is 17.9. The molecule has 2 amide bonds. The number of carbonyl (C=O) groups is 1. The largest absolute Gasteiger partial charge is 0.332 e. The van der Waals surface area contributed by atoms with Crippen molar-refractivity contribution in [2.45, 2.75) is 12.6 Å². The second-order valence-corrected chi connectivity index (χ2v) is 6.74. The van der Waals surface area contributed by atoms with E-state index in [0.717, 1.165) is 24.4 Å². The number of likely N-dealkylation sites (N-methyl/N-ethyl adjacent to an activating group) is 1. The number of rotatable bonds is 3. The molecule has 26 heavy (non-hydrogen) atoms. The Morgan fingerprint density at radius 2 is 1.96 bits per heavy atom. The van der Waals surface area contributed by atoms with E-state index in [1.165, 1.54) is 5.56 Å². The van der Waals surface area contributed by atoms with Gasteiger partial charge in [0.05, 0.1) is 18.3 Å². The van der Waals surface area contributed by atoms with E-state index >= 15 is 0 Å². The zero-order valence-electron chi connectivity index (χ0n) is 14.9. The van der Waals surface area contributed by atoms with E-state index in [1.807, 2.05) is 58.1 Å². The molecule has 0 spiro atoms. The summed E-state index contributed by atoms with van der Waals surface area (Å²) in [7, 11) is 2.10. The number of hydrogen-bond donors (Lipinski definition) is 1. The molecule has 134 valence electrons. The van der Waals surface area contributed by atoms with Crippen LogP contribution < -0.4 is 5.32 Å². The molecule has 0 bridgehead atoms. The first-order chi connectivity index (χ1) is 12.7. The van der Waals surface area contributed by atoms with Crippen molar-refractivity contribution in [3.05, 3.63) is 72.2 Å². The summed E-state index contributed by atoms with van der Waals surface area (Å²) < 4.78 is 1.96. The number of imidazole rings is 1. The van der Waals surface area contributed by atoms with Crippen molar-refractivity contribution in [3.63, 3.8) is 0 Å². The van der Waals surface area contributed by atoms with Crippen molar-refractivity contribution in [1.29, 1.82) is 0 Å². The van der Waals surface area contributed by atoms with Gasteiger partial charge in [0, 0.05) is 32.0 Å². The fraction of sp³-hybridized carbons (Fsp3) is 0.300. The van der Waals surface area contributed by atoms with Crippen LogP contribution in [-0.2, 0) is 6.54 Å². The van der Waals surface area contributed by atoms with Gasteiger partial charge in [0.2, 0.25) is 0 Å². The lowest BCUT2D eigenvalue weighted by Gasteiger charge is -2.40. The second kappa shape index (κ2) is 7.17. The average Bonchev–Trinajstić information content (AvgIpc) is 3.10. The molecule has 1 N–H and O–H groups in total. The number of fused-ring (bicyclic) bond motifs is 1. The van der Waals surface area contributed by atoms with E-state index in [-0.39, 0.29) is 12.1 Å². The highest BCUT2D eigenvalue weighted by atomic mass is 16.2. The molecule has 1 atom stereocenters. The first-order valence-corrected chi connectivity index (χ1v) is 8.91. The minimum atomic E-state index is -0.0380. The van der Waals surface area contributed by atoms with Gasteiger partial charge in [-0.2, -0.15) is 0 Å². The van der Waals surface area contributed by atoms with Gasteiger partial charge in [0.1, 0.15) is 5.65 Å². The van der Waals surface area contributed by atoms with Crippen molar-refractivity contribution >= 4 is 11.7 Å². The molecule has 0 radical (unpaired) electrons. The van der Waals surface area contributed by atoms with Crippen LogP contribution in [0.25, 0.3) is 5.65 Å². The molecule has 0 aliphatic carbocycles. The third kappa shape index (κ3) is 3.41. The highest BCUT2D eigenvalue weighted by molar-refractivity contribution is 5.75. The highest BCUT2D eigenvalue weighted by Gasteiger charge is 2.30. The van der Waals surface area contributed by atoms with E-state index < -0.39 is 0 Å². The summed E-state index contributed by atoms with van der Waals surface area (Å²) in [6, 6.07) is 16.1. The predicted octanol–water partition coefficient (Wildman–Crippen LogP) is 2.53. The van der Waals surface area contributed by atoms with Gasteiger partial charge in [-0.1, -0.05) is 36.4 Å². The summed E-state index contributed by atoms with van der Waals surface area (Å²) in [5.41, 5.74) is 2.91. The Balaban J connectivity index is 1.46. The van der Waals surface area contributed by atoms with E-state index in [2.05, 4.69) is 34.4 Å². The van der Waals surface area contributed by atoms with Crippen LogP contribution in [0.3, 0.4) is 0 Å². The van der Waals surface area contributed by atoms with Gasteiger partial charge in [-0.3, -0.25) is 0 Å². The van der Waals surface area contributed by atoms with Gasteiger partial charge in [0.25, 0.3) is 0 Å². The van der Waals surface area contributed by atoms with Crippen LogP contribution >= 0.6 is 0 Å². The molecule has 6 nitrogen and oxygen atoms in total. The number of amides is 2. The molecule has 3 aromatic rings. The lowest BCUT2D eigenvalue weighted by Crippen LogP contribution is -2.52. The SMILES string of the molecule is CN1CCN(C(=O)NCc2cn3ccccc3n2)C(c2ccccc2)C1. The molecular weight excluding hydrogens is 326 g/mol. The fourth-order valence-electron chi connectivity index (χ4n) is 3.46. The fourth-order valence-corrected chi connectivity index (χ4v) is 3.46. The van der Waals surface area contributed by atoms with Gasteiger partial charge >= 0.3 is 6.03 Å². The second-order valence-electron chi connectivity index (χ2n) is 6.74. The number of carbonyl (C=O) groups excluding carboxylic acids is 1. The first-order valence-electron chi connectivity index (χ1n) is 8.91. The van der Waals surface area contributed by atoms with E-state index in [9.17, 15) is 4.79 Å². The number of nitrogens with zero attached hydrogens (tertiary/aromatic N) is 4. The maximum Gasteiger partial charge on any atom is 0.318 e. The molecule has 1 saturated heterocycles. The zero-order valence-corrected chi connectivity index (χ0v) is 14.9. The van der Waals surface area contributed by atoms with Gasteiger partial charge in [-0.15, -0.1) is 0 Å². The van der Waals surface area contributed by atoms with Gasteiger partial charge < -0.3 is 19.5 Å². The number of nitrogens with one attached hydrogen (secondary N) is 1. The van der Waals surface area contributed by atoms with Gasteiger partial charge in [0.15, 0.2) is 0 Å². The van der Waals surface area contributed by atoms with Crippen molar-refractivity contribution in [1.82, 2.24) is 24.5 Å². The van der Waals surface area contributed by atoms with Gasteiger partial charge in [-0.05, 0) is 24.7 Å². The Kier molecular flexibility index (Phi) is 4.58. The number of pyridine rings is 1. The summed E-state index contributed by atoms with van der Waals surface area (Å²) in [5, 5.41) is 3.04. The minimum Gasteiger partial charge on any atom is -0.332 e. The molecule has 1 aliphatic rings. The molecule has 3 heterocycles. The summed E-state index contributed by atoms with van der Waals surface area (Å²) in [5.74, 6) is 0. The Morgan fingerprint density at radius 3 is 2.77 bits per heavy atom. The van der Waals surface area contributed by atoms with E-state index in [1.54, 1.807) is 0 Å². The molecule has 4 rings (SSSR count). The molecule has 6 heteroatoms. The Labute approximate surface area is 153 Å². The van der Waals surface area contributed by atoms with Crippen LogP contribution in [-0.4, -0.2) is 51.9 Å². The molecular formula is C20H23N5O. The highest BCUT2D eigenvalue weighted by Crippen LogP contribution is 2.24. The predicted molar refractivity (Wildman–Crippen MR) is 101 cm³/mol. The summed E-state index contributed by atoms with van der Waals surface area (Å²) >= 11 is 0. The number of benzene rings is 1. The number of aromatic nitrogens is 2. The lowest BCUT2D eigenvalue weighted by atomic mass is 10.0. The van der Waals surface area contributed by atoms with Crippen LogP contribution in [0.5, 0.6) is 0 Å². The van der Waals surface area contributed by atoms with Crippen molar-refractivity contribution in [3.8, 4) is 0 Å². The molecule has 1 fully saturated rings. The summed E-state index contributed by atoms with van der Waals surface area (Å²) in [6.07, 6.45) is 3.91. The third-order valence-electron chi connectivity index (χ3n) is 4.86. The standard InChI is InChI=1S/C20H23N5O/c1-23-11-12-25(18(15-23)16-7-3-2-4-8-16)20(26)21-13-17-14-24-10-6-5-9-19(24)22-17/h2-10,14,18H,11-13,15H2,1H3,(H,21,26). The normalized spacial score (nSPS) is 18.2. The quantitative estimate of drug-likeness (QED) is 0.791. The minimum absolute atomic E-state index is 0.0380. The van der Waals surface area contributed by atoms with Gasteiger partial charge in [-0.25, -0.2) is 9.78 Å². The first kappa shape index (κ1) is 16.6. The van der Waals surface area contributed by atoms with Crippen LogP contribution in [0.15, 0.2) is 60.9 Å². The molecule has 0 saturated carbocycles. The Hall–Kier alpha value is -2.86. The Morgan fingerprint density at radius 1 is 1.15 bits per heavy atom. The topological polar surface area (TPSA) is 52.9 Å². The maximum absolute atomic E-state index is 12.8.